The van der Waals surface area contributed by atoms with Crippen LogP contribution < -0.4 is 5.32 Å². The molecule has 2 aromatic heterocycles. The Morgan fingerprint density at radius 3 is 2.74 bits per heavy atom. The molecule has 192 valence electrons. The minimum atomic E-state index is -0.711. The van der Waals surface area contributed by atoms with Gasteiger partial charge in [0.05, 0.1) is 5.69 Å². The quantitative estimate of drug-likeness (QED) is 0.258. The van der Waals surface area contributed by atoms with E-state index in [0.29, 0.717) is 12.3 Å². The number of piperidine rings is 1. The van der Waals surface area contributed by atoms with Crippen LogP contribution in [0.15, 0.2) is 101 Å². The Morgan fingerprint density at radius 2 is 1.92 bits per heavy atom. The normalized spacial score (nSPS) is 23.1. The molecule has 0 bridgehead atoms. The summed E-state index contributed by atoms with van der Waals surface area (Å²) in [6, 6.07) is 25.5. The van der Waals surface area contributed by atoms with Crippen LogP contribution in [0.1, 0.15) is 58.8 Å². The number of benzene rings is 2. The third-order valence-electron chi connectivity index (χ3n) is 7.98. The lowest BCUT2D eigenvalue weighted by molar-refractivity contribution is -0.122. The summed E-state index contributed by atoms with van der Waals surface area (Å²) in [7, 11) is 0. The van der Waals surface area contributed by atoms with Crippen LogP contribution in [0.5, 0.6) is 0 Å². The summed E-state index contributed by atoms with van der Waals surface area (Å²) in [6.07, 6.45) is 5.10. The first-order valence-electron chi connectivity index (χ1n) is 13.3. The Bertz CT molecular complexity index is 1460. The van der Waals surface area contributed by atoms with Crippen molar-refractivity contribution >= 4 is 29.0 Å². The zero-order valence-corrected chi connectivity index (χ0v) is 23.3. The molecular weight excluding hydrogens is 505 g/mol. The van der Waals surface area contributed by atoms with Crippen molar-refractivity contribution in [3.63, 3.8) is 0 Å². The van der Waals surface area contributed by atoms with Crippen LogP contribution in [0.2, 0.25) is 0 Å². The van der Waals surface area contributed by atoms with Crippen LogP contribution in [0, 0.1) is 6.92 Å². The zero-order chi connectivity index (χ0) is 26.1. The lowest BCUT2D eigenvalue weighted by Gasteiger charge is -2.41. The number of rotatable bonds is 6. The van der Waals surface area contributed by atoms with Gasteiger partial charge in [0.15, 0.2) is 0 Å². The van der Waals surface area contributed by atoms with Crippen LogP contribution in [-0.2, 0) is 23.2 Å². The first-order chi connectivity index (χ1) is 18.5. The number of hydrogen-bond donors (Lipinski definition) is 1. The lowest BCUT2D eigenvalue weighted by atomic mass is 9.78. The van der Waals surface area contributed by atoms with Gasteiger partial charge in [-0.3, -0.25) is 9.78 Å². The Hall–Kier alpha value is -3.15. The average molecular weight is 537 g/mol. The van der Waals surface area contributed by atoms with Gasteiger partial charge in [-0.05, 0) is 95.8 Å². The predicted octanol–water partition coefficient (Wildman–Crippen LogP) is 7.59. The van der Waals surface area contributed by atoms with Gasteiger partial charge in [0, 0.05) is 17.0 Å². The zero-order valence-electron chi connectivity index (χ0n) is 21.7. The molecule has 0 saturated carbocycles. The molecular formula is C33H32N2OS2. The second-order valence-electron chi connectivity index (χ2n) is 10.5. The van der Waals surface area contributed by atoms with E-state index in [1.54, 1.807) is 23.1 Å². The van der Waals surface area contributed by atoms with E-state index in [9.17, 15) is 4.79 Å². The number of nitrogens with one attached hydrogen (secondary N) is 1. The molecule has 1 aliphatic heterocycles. The number of thiophene rings is 1. The van der Waals surface area contributed by atoms with Gasteiger partial charge in [-0.2, -0.15) is 11.3 Å². The maximum atomic E-state index is 13.7. The summed E-state index contributed by atoms with van der Waals surface area (Å²) in [6.45, 7) is 6.52. The molecule has 1 saturated heterocycles. The van der Waals surface area contributed by atoms with E-state index < -0.39 is 5.54 Å². The third kappa shape index (κ3) is 4.74. The van der Waals surface area contributed by atoms with Gasteiger partial charge in [-0.25, -0.2) is 0 Å². The highest BCUT2D eigenvalue weighted by atomic mass is 32.2. The molecule has 3 atom stereocenters. The van der Waals surface area contributed by atoms with Gasteiger partial charge in [-0.15, -0.1) is 11.8 Å². The van der Waals surface area contributed by atoms with Crippen LogP contribution in [0.3, 0.4) is 0 Å². The molecule has 1 aliphatic carbocycles. The fourth-order valence-corrected chi connectivity index (χ4v) is 7.84. The van der Waals surface area contributed by atoms with E-state index in [1.807, 2.05) is 12.1 Å². The first-order valence-corrected chi connectivity index (χ1v) is 15.1. The van der Waals surface area contributed by atoms with Crippen molar-refractivity contribution in [2.24, 2.45) is 0 Å². The molecule has 3 nitrogen and oxygen atoms in total. The maximum absolute atomic E-state index is 13.7. The Kier molecular flexibility index (Phi) is 6.98. The molecule has 0 radical (unpaired) electrons. The molecule has 5 heteroatoms. The topological polar surface area (TPSA) is 42.0 Å². The molecule has 3 unspecified atom stereocenters. The van der Waals surface area contributed by atoms with Crippen molar-refractivity contribution in [2.45, 2.75) is 60.6 Å². The molecule has 1 N–H and O–H groups in total. The predicted molar refractivity (Wildman–Crippen MR) is 158 cm³/mol. The highest BCUT2D eigenvalue weighted by Gasteiger charge is 2.46. The van der Waals surface area contributed by atoms with Crippen LogP contribution in [0.4, 0.5) is 0 Å². The monoisotopic (exact) mass is 536 g/mol. The highest BCUT2D eigenvalue weighted by molar-refractivity contribution is 8.00. The molecule has 38 heavy (non-hydrogen) atoms. The highest BCUT2D eigenvalue weighted by Crippen LogP contribution is 2.44. The van der Waals surface area contributed by atoms with Gasteiger partial charge in [0.1, 0.15) is 10.8 Å². The van der Waals surface area contributed by atoms with Gasteiger partial charge >= 0.3 is 0 Å². The van der Waals surface area contributed by atoms with E-state index in [4.69, 9.17) is 4.98 Å². The number of carbonyl (C=O) groups is 1. The summed E-state index contributed by atoms with van der Waals surface area (Å²) < 4.78 is 0. The number of pyridine rings is 1. The number of aromatic nitrogens is 1. The molecule has 1 fully saturated rings. The van der Waals surface area contributed by atoms with E-state index in [-0.39, 0.29) is 11.2 Å². The van der Waals surface area contributed by atoms with Gasteiger partial charge in [0.25, 0.3) is 0 Å². The Morgan fingerprint density at radius 1 is 1.08 bits per heavy atom. The Balaban J connectivity index is 1.32. The number of nitrogens with zero attached hydrogens (tertiary/aromatic N) is 1. The van der Waals surface area contributed by atoms with Gasteiger partial charge in [-0.1, -0.05) is 60.7 Å². The maximum Gasteiger partial charge on any atom is 0.238 e. The summed E-state index contributed by atoms with van der Waals surface area (Å²) >= 11 is 3.24. The SMILES string of the molecule is C=C1CC(c2ccsc2)(c2cccc(CC3CCCc4ccccc43)n2)NC(=O)C1Sc1ccccc1C. The second kappa shape index (κ2) is 10.5. The number of amides is 1. The first kappa shape index (κ1) is 25.1. The lowest BCUT2D eigenvalue weighted by Crippen LogP contribution is -2.55. The molecule has 4 aromatic rings. The summed E-state index contributed by atoms with van der Waals surface area (Å²) in [4.78, 5) is 20.1. The van der Waals surface area contributed by atoms with Crippen molar-refractivity contribution in [3.05, 3.63) is 129 Å². The minimum absolute atomic E-state index is 0.00545. The molecule has 0 spiro atoms. The van der Waals surface area contributed by atoms with Gasteiger partial charge < -0.3 is 5.32 Å². The van der Waals surface area contributed by atoms with E-state index in [0.717, 1.165) is 40.3 Å². The van der Waals surface area contributed by atoms with Crippen molar-refractivity contribution in [1.29, 1.82) is 0 Å². The average Bonchev–Trinajstić information content (AvgIpc) is 3.48. The number of thioether (sulfide) groups is 1. The third-order valence-corrected chi connectivity index (χ3v) is 10.2. The van der Waals surface area contributed by atoms with Crippen molar-refractivity contribution in [3.8, 4) is 0 Å². The summed E-state index contributed by atoms with van der Waals surface area (Å²) in [5.41, 5.74) is 7.38. The van der Waals surface area contributed by atoms with Crippen molar-refractivity contribution in [2.75, 3.05) is 0 Å². The van der Waals surface area contributed by atoms with Crippen molar-refractivity contribution < 1.29 is 4.79 Å². The number of carbonyl (C=O) groups excluding carboxylic acids is 1. The standard InChI is InChI=1S/C33H32N2OS2/c1-22-9-3-6-15-29(22)38-31-23(2)20-33(35-32(31)36,26-17-18-37-21-26)30-16-8-13-27(34-30)19-25-12-7-11-24-10-4-5-14-28(24)25/h3-6,8-10,13-18,21,25,31H,2,7,11-12,19-20H2,1H3,(H,35,36). The summed E-state index contributed by atoms with van der Waals surface area (Å²) in [5.74, 6) is 0.472. The van der Waals surface area contributed by atoms with Crippen LogP contribution in [-0.4, -0.2) is 16.1 Å². The van der Waals surface area contributed by atoms with E-state index >= 15 is 0 Å². The second-order valence-corrected chi connectivity index (χ2v) is 12.4. The largest absolute Gasteiger partial charge is 0.339 e. The van der Waals surface area contributed by atoms with Crippen LogP contribution in [0.25, 0.3) is 0 Å². The number of fused-ring (bicyclic) bond motifs is 1. The number of aryl methyl sites for hydroxylation is 2. The Labute approximate surface area is 233 Å². The number of hydrogen-bond acceptors (Lipinski definition) is 4. The molecule has 1 amide bonds. The molecule has 6 rings (SSSR count). The fourth-order valence-electron chi connectivity index (χ4n) is 6.03. The van der Waals surface area contributed by atoms with Gasteiger partial charge in [0.2, 0.25) is 5.91 Å². The molecule has 2 aliphatic rings. The minimum Gasteiger partial charge on any atom is -0.339 e. The van der Waals surface area contributed by atoms with E-state index in [1.165, 1.54) is 29.5 Å². The summed E-state index contributed by atoms with van der Waals surface area (Å²) in [5, 5.41) is 7.32. The molecule has 3 heterocycles. The molecule has 2 aromatic carbocycles. The smallest absolute Gasteiger partial charge is 0.238 e. The van der Waals surface area contributed by atoms with Crippen molar-refractivity contribution in [1.82, 2.24) is 10.3 Å². The van der Waals surface area contributed by atoms with E-state index in [2.05, 4.69) is 90.2 Å². The van der Waals surface area contributed by atoms with Crippen LogP contribution >= 0.6 is 23.1 Å². The fraction of sp³-hybridized carbons (Fsp3) is 0.273.